The molecule has 0 aliphatic carbocycles. The summed E-state index contributed by atoms with van der Waals surface area (Å²) < 4.78 is 20.1. The zero-order valence-corrected chi connectivity index (χ0v) is 17.2. The molecule has 0 saturated heterocycles. The van der Waals surface area contributed by atoms with Crippen molar-refractivity contribution in [2.75, 3.05) is 21.3 Å². The molecular weight excluding hydrogens is 360 g/mol. The maximum atomic E-state index is 11.0. The van der Waals surface area contributed by atoms with Gasteiger partial charge in [-0.2, -0.15) is 0 Å². The Morgan fingerprint density at radius 2 is 1.39 bits per heavy atom. The second-order valence-electron chi connectivity index (χ2n) is 6.81. The minimum absolute atomic E-state index is 0.0569. The fraction of sp³-hybridized carbons (Fsp3) is 0.318. The van der Waals surface area contributed by atoms with E-state index in [1.807, 2.05) is 6.07 Å². The van der Waals surface area contributed by atoms with Gasteiger partial charge in [-0.15, -0.1) is 0 Å². The highest BCUT2D eigenvalue weighted by molar-refractivity contribution is 5.83. The number of methoxy groups -OCH3 is 3. The molecule has 0 aliphatic heterocycles. The van der Waals surface area contributed by atoms with Gasteiger partial charge in [0.25, 0.3) is 0 Å². The number of aromatic hydroxyl groups is 1. The van der Waals surface area contributed by atoms with Gasteiger partial charge in [-0.3, -0.25) is 0 Å². The Morgan fingerprint density at radius 1 is 0.893 bits per heavy atom. The smallest absolute Gasteiger partial charge is 0.335 e. The lowest BCUT2D eigenvalue weighted by Gasteiger charge is -2.20. The Labute approximate surface area is 166 Å². The molecule has 0 atom stereocenters. The lowest BCUT2D eigenvalue weighted by atomic mass is 9.86. The predicted molar refractivity (Wildman–Crippen MR) is 109 cm³/mol. The first-order chi connectivity index (χ1) is 13.1. The van der Waals surface area contributed by atoms with E-state index in [-0.39, 0.29) is 5.41 Å². The molecule has 6 heteroatoms. The molecule has 28 heavy (non-hydrogen) atoms. The van der Waals surface area contributed by atoms with Crippen molar-refractivity contribution in [2.45, 2.75) is 26.2 Å². The van der Waals surface area contributed by atoms with Crippen LogP contribution >= 0.6 is 0 Å². The van der Waals surface area contributed by atoms with Crippen molar-refractivity contribution in [1.82, 2.24) is 0 Å². The number of carbonyl (C=O) groups is 1. The van der Waals surface area contributed by atoms with Crippen molar-refractivity contribution in [3.8, 4) is 28.7 Å². The molecule has 2 aromatic carbocycles. The Bertz CT molecular complexity index is 783. The molecule has 0 bridgehead atoms. The molecule has 0 fully saturated rings. The van der Waals surface area contributed by atoms with Crippen LogP contribution in [-0.2, 0) is 10.2 Å². The molecule has 0 saturated carbocycles. The molecule has 2 rings (SSSR count). The molecule has 6 nitrogen and oxygen atoms in total. The highest BCUT2D eigenvalue weighted by atomic mass is 16.5. The average molecular weight is 388 g/mol. The fourth-order valence-corrected chi connectivity index (χ4v) is 2.24. The molecule has 0 unspecified atom stereocenters. The van der Waals surface area contributed by atoms with Gasteiger partial charge >= 0.3 is 5.97 Å². The highest BCUT2D eigenvalue weighted by Gasteiger charge is 2.18. The summed E-state index contributed by atoms with van der Waals surface area (Å²) in [5.41, 5.74) is 0.852. The summed E-state index contributed by atoms with van der Waals surface area (Å²) in [5.74, 6) is 2.06. The lowest BCUT2D eigenvalue weighted by molar-refractivity contribution is -0.128. The van der Waals surface area contributed by atoms with Crippen LogP contribution in [0.2, 0.25) is 0 Å². The van der Waals surface area contributed by atoms with E-state index in [1.165, 1.54) is 14.2 Å². The number of benzene rings is 2. The predicted octanol–water partition coefficient (Wildman–Crippen LogP) is 4.49. The van der Waals surface area contributed by atoms with Gasteiger partial charge in [-0.05, 0) is 23.6 Å². The summed E-state index contributed by atoms with van der Waals surface area (Å²) >= 11 is 0. The molecule has 0 heterocycles. The van der Waals surface area contributed by atoms with E-state index < -0.39 is 5.97 Å². The van der Waals surface area contributed by atoms with Gasteiger partial charge in [-0.1, -0.05) is 27.4 Å². The molecule has 0 amide bonds. The molecule has 0 spiro atoms. The molecule has 2 aromatic rings. The Kier molecular flexibility index (Phi) is 8.38. The van der Waals surface area contributed by atoms with Crippen LogP contribution in [0.5, 0.6) is 28.7 Å². The average Bonchev–Trinajstić information content (AvgIpc) is 2.67. The molecule has 0 radical (unpaired) electrons. The van der Waals surface area contributed by atoms with E-state index in [0.717, 1.165) is 17.4 Å². The molecule has 0 aromatic heterocycles. The van der Waals surface area contributed by atoms with Gasteiger partial charge < -0.3 is 24.1 Å². The summed E-state index contributed by atoms with van der Waals surface area (Å²) in [6.07, 6.45) is 1.09. The number of phenols is 1. The molecule has 152 valence electrons. The Morgan fingerprint density at radius 3 is 1.82 bits per heavy atom. The standard InChI is InChI=1S/C11H12O4.C11H16O2/c1-4-11(12)15-10-6-8(13-2)5-9(7-10)14-3;1-11(2,3)9-7-8(13-4)5-6-10(9)12/h4-7H,1H2,2-3H3;5-7,12H,1-4H3. The van der Waals surface area contributed by atoms with E-state index in [1.54, 1.807) is 37.4 Å². The van der Waals surface area contributed by atoms with Gasteiger partial charge in [0.2, 0.25) is 0 Å². The fourth-order valence-electron chi connectivity index (χ4n) is 2.24. The second kappa shape index (κ2) is 10.3. The number of phenolic OH excluding ortho intramolecular Hbond substituents is 1. The van der Waals surface area contributed by atoms with Crippen LogP contribution in [0.4, 0.5) is 0 Å². The van der Waals surface area contributed by atoms with Crippen molar-refractivity contribution < 1.29 is 28.8 Å². The van der Waals surface area contributed by atoms with Crippen LogP contribution in [0.1, 0.15) is 26.3 Å². The maximum absolute atomic E-state index is 11.0. The lowest BCUT2D eigenvalue weighted by Crippen LogP contribution is -2.11. The third-order valence-electron chi connectivity index (χ3n) is 3.72. The zero-order valence-electron chi connectivity index (χ0n) is 17.2. The topological polar surface area (TPSA) is 74.2 Å². The number of hydrogen-bond donors (Lipinski definition) is 1. The van der Waals surface area contributed by atoms with E-state index in [2.05, 4.69) is 27.4 Å². The van der Waals surface area contributed by atoms with Crippen LogP contribution in [-0.4, -0.2) is 32.4 Å². The van der Waals surface area contributed by atoms with Crippen LogP contribution < -0.4 is 18.9 Å². The molecule has 1 N–H and O–H groups in total. The van der Waals surface area contributed by atoms with E-state index >= 15 is 0 Å². The minimum Gasteiger partial charge on any atom is -0.508 e. The van der Waals surface area contributed by atoms with Gasteiger partial charge in [0.1, 0.15) is 28.7 Å². The Hall–Kier alpha value is -3.15. The highest BCUT2D eigenvalue weighted by Crippen LogP contribution is 2.33. The normalized spacial score (nSPS) is 10.2. The van der Waals surface area contributed by atoms with Crippen LogP contribution in [0.25, 0.3) is 0 Å². The quantitative estimate of drug-likeness (QED) is 0.462. The van der Waals surface area contributed by atoms with E-state index in [9.17, 15) is 9.90 Å². The van der Waals surface area contributed by atoms with Crippen LogP contribution in [0, 0.1) is 0 Å². The van der Waals surface area contributed by atoms with Gasteiger partial charge in [0.15, 0.2) is 0 Å². The van der Waals surface area contributed by atoms with Crippen molar-refractivity contribution in [3.05, 3.63) is 54.6 Å². The first kappa shape index (κ1) is 22.9. The molecular formula is C22H28O6. The number of esters is 1. The van der Waals surface area contributed by atoms with Gasteiger partial charge in [0.05, 0.1) is 21.3 Å². The Balaban J connectivity index is 0.000000283. The van der Waals surface area contributed by atoms with Crippen molar-refractivity contribution in [1.29, 1.82) is 0 Å². The van der Waals surface area contributed by atoms with E-state index in [4.69, 9.17) is 18.9 Å². The summed E-state index contributed by atoms with van der Waals surface area (Å²) in [7, 11) is 4.67. The monoisotopic (exact) mass is 388 g/mol. The largest absolute Gasteiger partial charge is 0.508 e. The third-order valence-corrected chi connectivity index (χ3v) is 3.72. The number of ether oxygens (including phenoxy) is 4. The second-order valence-corrected chi connectivity index (χ2v) is 6.81. The minimum atomic E-state index is -0.523. The van der Waals surface area contributed by atoms with Crippen LogP contribution in [0.15, 0.2) is 49.1 Å². The summed E-state index contributed by atoms with van der Waals surface area (Å²) in [6.45, 7) is 9.48. The number of rotatable bonds is 5. The van der Waals surface area contributed by atoms with Crippen molar-refractivity contribution >= 4 is 5.97 Å². The first-order valence-electron chi connectivity index (χ1n) is 8.59. The third kappa shape index (κ3) is 6.87. The summed E-state index contributed by atoms with van der Waals surface area (Å²) in [5, 5.41) is 9.61. The first-order valence-corrected chi connectivity index (χ1v) is 8.59. The van der Waals surface area contributed by atoms with Crippen molar-refractivity contribution in [3.63, 3.8) is 0 Å². The SMILES string of the molecule is C=CC(=O)Oc1cc(OC)cc(OC)c1.COc1ccc(O)c(C(C)(C)C)c1. The molecule has 0 aliphatic rings. The van der Waals surface area contributed by atoms with Gasteiger partial charge in [-0.25, -0.2) is 4.79 Å². The summed E-state index contributed by atoms with van der Waals surface area (Å²) in [4.78, 5) is 11.0. The zero-order chi connectivity index (χ0) is 21.3. The van der Waals surface area contributed by atoms with Gasteiger partial charge in [0, 0.05) is 29.8 Å². The number of carbonyl (C=O) groups excluding carboxylic acids is 1. The number of hydrogen-bond acceptors (Lipinski definition) is 6. The maximum Gasteiger partial charge on any atom is 0.335 e. The summed E-state index contributed by atoms with van der Waals surface area (Å²) in [6, 6.07) is 10.2. The van der Waals surface area contributed by atoms with Crippen LogP contribution in [0.3, 0.4) is 0 Å². The van der Waals surface area contributed by atoms with Crippen molar-refractivity contribution in [2.24, 2.45) is 0 Å². The van der Waals surface area contributed by atoms with E-state index in [0.29, 0.717) is 23.0 Å².